The molecule has 1 aromatic carbocycles. The summed E-state index contributed by atoms with van der Waals surface area (Å²) in [5.74, 6) is 0.0897. The van der Waals surface area contributed by atoms with Crippen LogP contribution in [0.5, 0.6) is 5.75 Å². The summed E-state index contributed by atoms with van der Waals surface area (Å²) < 4.78 is 0. The van der Waals surface area contributed by atoms with Crippen LogP contribution in [0.4, 0.5) is 17.1 Å². The second-order valence-electron chi connectivity index (χ2n) is 3.75. The molecular weight excluding hydrogens is 218 g/mol. The number of hydrogen-bond donors (Lipinski definition) is 4. The van der Waals surface area contributed by atoms with Gasteiger partial charge in [0.2, 0.25) is 5.43 Å². The van der Waals surface area contributed by atoms with Gasteiger partial charge in [0.25, 0.3) is 0 Å². The van der Waals surface area contributed by atoms with Gasteiger partial charge >= 0.3 is 0 Å². The van der Waals surface area contributed by atoms with Crippen LogP contribution in [0.25, 0.3) is 0 Å². The Kier molecular flexibility index (Phi) is 2.74. The number of phenolic OH excluding ortho intramolecular Hbond substituents is 1. The number of H-pyrrole nitrogens is 1. The molecule has 0 unspecified atom stereocenters. The van der Waals surface area contributed by atoms with Crippen LogP contribution >= 0.6 is 0 Å². The molecule has 0 atom stereocenters. The first kappa shape index (κ1) is 11.1. The number of hydrogen-bond acceptors (Lipinski definition) is 4. The van der Waals surface area contributed by atoms with E-state index in [1.807, 2.05) is 13.0 Å². The SMILES string of the molecule is Cc1cccc(O)c1Nc1c[nH]cc(N)c1=O. The van der Waals surface area contributed by atoms with E-state index in [-0.39, 0.29) is 16.9 Å². The van der Waals surface area contributed by atoms with Crippen LogP contribution < -0.4 is 16.5 Å². The van der Waals surface area contributed by atoms with E-state index in [1.54, 1.807) is 12.1 Å². The molecule has 5 heteroatoms. The van der Waals surface area contributed by atoms with Crippen LogP contribution in [0.1, 0.15) is 5.56 Å². The summed E-state index contributed by atoms with van der Waals surface area (Å²) >= 11 is 0. The predicted molar refractivity (Wildman–Crippen MR) is 67.6 cm³/mol. The van der Waals surface area contributed by atoms with Crippen molar-refractivity contribution in [1.29, 1.82) is 0 Å². The van der Waals surface area contributed by atoms with Gasteiger partial charge in [-0.25, -0.2) is 0 Å². The zero-order chi connectivity index (χ0) is 12.4. The van der Waals surface area contributed by atoms with Crippen LogP contribution in [0.2, 0.25) is 0 Å². The Bertz CT molecular complexity index is 585. The fraction of sp³-hybridized carbons (Fsp3) is 0.0833. The highest BCUT2D eigenvalue weighted by atomic mass is 16.3. The van der Waals surface area contributed by atoms with E-state index in [1.165, 1.54) is 12.4 Å². The topological polar surface area (TPSA) is 91.1 Å². The lowest BCUT2D eigenvalue weighted by atomic mass is 10.2. The van der Waals surface area contributed by atoms with Crippen molar-refractivity contribution in [2.24, 2.45) is 0 Å². The van der Waals surface area contributed by atoms with Gasteiger partial charge in [-0.3, -0.25) is 4.79 Å². The number of para-hydroxylation sites is 1. The largest absolute Gasteiger partial charge is 0.506 e. The van der Waals surface area contributed by atoms with Gasteiger partial charge in [-0.1, -0.05) is 12.1 Å². The summed E-state index contributed by atoms with van der Waals surface area (Å²) in [5.41, 5.74) is 6.98. The number of nitrogens with two attached hydrogens (primary N) is 1. The predicted octanol–water partition coefficient (Wildman–Crippen LogP) is 1.71. The quantitative estimate of drug-likeness (QED) is 0.592. The highest BCUT2D eigenvalue weighted by molar-refractivity contribution is 5.70. The number of aryl methyl sites for hydroxylation is 1. The molecule has 2 aromatic rings. The maximum Gasteiger partial charge on any atom is 0.227 e. The number of nitrogen functional groups attached to an aromatic ring is 1. The Morgan fingerprint density at radius 1 is 1.35 bits per heavy atom. The van der Waals surface area contributed by atoms with Crippen LogP contribution in [0, 0.1) is 6.92 Å². The fourth-order valence-electron chi connectivity index (χ4n) is 1.54. The minimum absolute atomic E-state index is 0.0897. The van der Waals surface area contributed by atoms with Crippen molar-refractivity contribution in [3.05, 3.63) is 46.4 Å². The number of aromatic nitrogens is 1. The molecule has 5 nitrogen and oxygen atoms in total. The molecular formula is C12H13N3O2. The molecule has 88 valence electrons. The average Bonchev–Trinajstić information content (AvgIpc) is 2.29. The normalized spacial score (nSPS) is 10.2. The van der Waals surface area contributed by atoms with Gasteiger partial charge in [0, 0.05) is 12.4 Å². The molecule has 0 fully saturated rings. The third-order valence-corrected chi connectivity index (χ3v) is 2.48. The van der Waals surface area contributed by atoms with Crippen molar-refractivity contribution in [2.75, 3.05) is 11.1 Å². The Labute approximate surface area is 97.9 Å². The highest BCUT2D eigenvalue weighted by Crippen LogP contribution is 2.28. The monoisotopic (exact) mass is 231 g/mol. The Hall–Kier alpha value is -2.43. The minimum Gasteiger partial charge on any atom is -0.506 e. The van der Waals surface area contributed by atoms with Crippen molar-refractivity contribution in [1.82, 2.24) is 4.98 Å². The summed E-state index contributed by atoms with van der Waals surface area (Å²) in [7, 11) is 0. The number of anilines is 3. The molecule has 0 aliphatic rings. The van der Waals surface area contributed by atoms with Crippen molar-refractivity contribution in [3.63, 3.8) is 0 Å². The van der Waals surface area contributed by atoms with E-state index in [4.69, 9.17) is 5.73 Å². The second-order valence-corrected chi connectivity index (χ2v) is 3.75. The fourth-order valence-corrected chi connectivity index (χ4v) is 1.54. The van der Waals surface area contributed by atoms with Crippen LogP contribution in [0.15, 0.2) is 35.4 Å². The zero-order valence-electron chi connectivity index (χ0n) is 9.32. The van der Waals surface area contributed by atoms with E-state index >= 15 is 0 Å². The van der Waals surface area contributed by atoms with Crippen molar-refractivity contribution in [2.45, 2.75) is 6.92 Å². The van der Waals surface area contributed by atoms with Gasteiger partial charge in [-0.05, 0) is 18.6 Å². The molecule has 0 aliphatic carbocycles. The lowest BCUT2D eigenvalue weighted by Gasteiger charge is -2.10. The lowest BCUT2D eigenvalue weighted by molar-refractivity contribution is 0.477. The van der Waals surface area contributed by atoms with Crippen LogP contribution in [-0.4, -0.2) is 10.1 Å². The Morgan fingerprint density at radius 3 is 2.82 bits per heavy atom. The van der Waals surface area contributed by atoms with E-state index in [2.05, 4.69) is 10.3 Å². The van der Waals surface area contributed by atoms with Gasteiger partial charge in [0.15, 0.2) is 0 Å². The molecule has 5 N–H and O–H groups in total. The highest BCUT2D eigenvalue weighted by Gasteiger charge is 2.08. The standard InChI is InChI=1S/C12H13N3O2/c1-7-3-2-4-10(16)11(7)15-9-6-14-5-8(13)12(9)17/h2-6,15-16H,13H2,1H3,(H,14,17). The Balaban J connectivity index is 2.45. The summed E-state index contributed by atoms with van der Waals surface area (Å²) in [6.07, 6.45) is 2.93. The van der Waals surface area contributed by atoms with E-state index in [0.717, 1.165) is 5.56 Å². The summed E-state index contributed by atoms with van der Waals surface area (Å²) in [6.45, 7) is 1.84. The number of aromatic hydroxyl groups is 1. The van der Waals surface area contributed by atoms with Gasteiger partial charge < -0.3 is 21.1 Å². The first-order valence-corrected chi connectivity index (χ1v) is 5.12. The third-order valence-electron chi connectivity index (χ3n) is 2.48. The molecule has 0 radical (unpaired) electrons. The molecule has 0 aliphatic heterocycles. The van der Waals surface area contributed by atoms with Gasteiger partial charge in [-0.2, -0.15) is 0 Å². The maximum absolute atomic E-state index is 11.7. The third kappa shape index (κ3) is 2.08. The first-order valence-electron chi connectivity index (χ1n) is 5.12. The smallest absolute Gasteiger partial charge is 0.227 e. The lowest BCUT2D eigenvalue weighted by Crippen LogP contribution is -2.13. The number of benzene rings is 1. The van der Waals surface area contributed by atoms with Crippen molar-refractivity contribution < 1.29 is 5.11 Å². The molecule has 0 amide bonds. The molecule has 0 spiro atoms. The molecule has 2 rings (SSSR count). The number of rotatable bonds is 2. The van der Waals surface area contributed by atoms with E-state index < -0.39 is 0 Å². The second kappa shape index (κ2) is 4.21. The molecule has 1 heterocycles. The molecule has 0 bridgehead atoms. The summed E-state index contributed by atoms with van der Waals surface area (Å²) in [5, 5.41) is 12.6. The minimum atomic E-state index is -0.300. The number of phenols is 1. The molecule has 17 heavy (non-hydrogen) atoms. The van der Waals surface area contributed by atoms with Crippen LogP contribution in [-0.2, 0) is 0 Å². The number of pyridine rings is 1. The zero-order valence-corrected chi connectivity index (χ0v) is 9.32. The van der Waals surface area contributed by atoms with Gasteiger partial charge in [0.05, 0.1) is 11.4 Å². The van der Waals surface area contributed by atoms with Crippen molar-refractivity contribution >= 4 is 17.1 Å². The number of nitrogens with one attached hydrogen (secondary N) is 2. The molecule has 0 saturated heterocycles. The van der Waals surface area contributed by atoms with E-state index in [0.29, 0.717) is 11.4 Å². The first-order chi connectivity index (χ1) is 8.09. The average molecular weight is 231 g/mol. The van der Waals surface area contributed by atoms with E-state index in [9.17, 15) is 9.90 Å². The number of aromatic amines is 1. The molecule has 1 aromatic heterocycles. The van der Waals surface area contributed by atoms with Gasteiger partial charge in [0.1, 0.15) is 11.4 Å². The Morgan fingerprint density at radius 2 is 2.12 bits per heavy atom. The van der Waals surface area contributed by atoms with Gasteiger partial charge in [-0.15, -0.1) is 0 Å². The maximum atomic E-state index is 11.7. The van der Waals surface area contributed by atoms with Crippen molar-refractivity contribution in [3.8, 4) is 5.75 Å². The van der Waals surface area contributed by atoms with Crippen LogP contribution in [0.3, 0.4) is 0 Å². The summed E-state index contributed by atoms with van der Waals surface area (Å²) in [4.78, 5) is 14.5. The summed E-state index contributed by atoms with van der Waals surface area (Å²) in [6, 6.07) is 5.12. The molecule has 0 saturated carbocycles.